The van der Waals surface area contributed by atoms with Gasteiger partial charge in [0.05, 0.1) is 0 Å². The van der Waals surface area contributed by atoms with Crippen LogP contribution in [-0.4, -0.2) is 8.07 Å². The van der Waals surface area contributed by atoms with Crippen LogP contribution in [0.3, 0.4) is 0 Å². The lowest BCUT2D eigenvalue weighted by Crippen LogP contribution is -2.60. The maximum atomic E-state index is 2.54. The van der Waals surface area contributed by atoms with Crippen molar-refractivity contribution in [2.75, 3.05) is 4.90 Å². The first kappa shape index (κ1) is 27.6. The Hall–Kier alpha value is -5.44. The third-order valence-electron chi connectivity index (χ3n) is 11.1. The Balaban J connectivity index is 1.10. The molecule has 2 aliphatic heterocycles. The minimum atomic E-state index is -1.74. The molecule has 10 rings (SSSR count). The van der Waals surface area contributed by atoms with E-state index in [4.69, 9.17) is 0 Å². The van der Waals surface area contributed by atoms with Crippen LogP contribution < -0.4 is 15.3 Å². The Bertz CT molecular complexity index is 2480. The third-order valence-corrected chi connectivity index (χ3v) is 16.5. The molecule has 228 valence electrons. The molecular weight excluding hydrogens is 595 g/mol. The minimum absolute atomic E-state index is 1.24. The van der Waals surface area contributed by atoms with Gasteiger partial charge < -0.3 is 4.90 Å². The summed E-state index contributed by atoms with van der Waals surface area (Å²) in [5.41, 5.74) is 9.04. The SMILES string of the molecule is c1ccc(-c2cc3ccccc3cc2-c2ccc3c(ccc4cc(N5c6ccccc6[Si]6(CCCC6)c6ccccc65)ccc43)c2)cc1. The van der Waals surface area contributed by atoms with Gasteiger partial charge in [0.2, 0.25) is 0 Å². The number of nitrogens with zero attached hydrogens (tertiary/aromatic N) is 1. The second-order valence-corrected chi connectivity index (χ2v) is 17.9. The van der Waals surface area contributed by atoms with Crippen LogP contribution in [0.1, 0.15) is 12.8 Å². The van der Waals surface area contributed by atoms with Crippen LogP contribution in [0.4, 0.5) is 17.1 Å². The van der Waals surface area contributed by atoms with Crippen molar-refractivity contribution in [3.05, 3.63) is 164 Å². The van der Waals surface area contributed by atoms with Crippen molar-refractivity contribution in [2.45, 2.75) is 24.9 Å². The van der Waals surface area contributed by atoms with Crippen molar-refractivity contribution in [3.8, 4) is 22.3 Å². The van der Waals surface area contributed by atoms with Gasteiger partial charge in [-0.2, -0.15) is 0 Å². The Morgan fingerprint density at radius 2 is 0.938 bits per heavy atom. The van der Waals surface area contributed by atoms with Crippen LogP contribution in [0, 0.1) is 0 Å². The first-order chi connectivity index (χ1) is 23.8. The summed E-state index contributed by atoms with van der Waals surface area (Å²) in [5.74, 6) is 0. The van der Waals surface area contributed by atoms with Gasteiger partial charge in [-0.3, -0.25) is 0 Å². The van der Waals surface area contributed by atoms with E-state index in [1.165, 1.54) is 96.6 Å². The molecule has 8 aromatic rings. The van der Waals surface area contributed by atoms with Crippen LogP contribution in [-0.2, 0) is 0 Å². The summed E-state index contributed by atoms with van der Waals surface area (Å²) in [6.45, 7) is 0. The van der Waals surface area contributed by atoms with Crippen LogP contribution in [0.15, 0.2) is 164 Å². The highest BCUT2D eigenvalue weighted by atomic mass is 28.3. The zero-order valence-corrected chi connectivity index (χ0v) is 27.9. The van der Waals surface area contributed by atoms with Crippen molar-refractivity contribution >= 4 is 67.8 Å². The van der Waals surface area contributed by atoms with E-state index in [0.717, 1.165) is 0 Å². The molecule has 0 saturated carbocycles. The summed E-state index contributed by atoms with van der Waals surface area (Å²) >= 11 is 0. The van der Waals surface area contributed by atoms with Crippen LogP contribution in [0.5, 0.6) is 0 Å². The van der Waals surface area contributed by atoms with Gasteiger partial charge in [-0.05, 0) is 119 Å². The highest BCUT2D eigenvalue weighted by Crippen LogP contribution is 2.44. The number of hydrogen-bond donors (Lipinski definition) is 0. The lowest BCUT2D eigenvalue weighted by atomic mass is 9.90. The molecule has 0 bridgehead atoms. The van der Waals surface area contributed by atoms with Crippen molar-refractivity contribution < 1.29 is 0 Å². The molecule has 0 aliphatic carbocycles. The number of para-hydroxylation sites is 2. The predicted octanol–water partition coefficient (Wildman–Crippen LogP) is 11.6. The van der Waals surface area contributed by atoms with Gasteiger partial charge >= 0.3 is 0 Å². The standard InChI is InChI=1S/C46H35NSi/c1-2-12-32(13-3-1)41-30-33-14-4-5-15-34(33)31-42(41)36-22-24-39-35(28-36)20-21-37-29-38(23-25-40(37)39)47-43-16-6-8-18-45(43)48(26-10-11-27-48)46-19-9-7-17-44(46)47/h1-9,12-25,28-31H,10-11,26-27H2. The van der Waals surface area contributed by atoms with Gasteiger partial charge in [-0.25, -0.2) is 0 Å². The summed E-state index contributed by atoms with van der Waals surface area (Å²) in [6, 6.07) is 64.2. The van der Waals surface area contributed by atoms with Gasteiger partial charge in [0, 0.05) is 17.1 Å². The molecule has 0 radical (unpaired) electrons. The second-order valence-electron chi connectivity index (χ2n) is 13.7. The molecule has 8 aromatic carbocycles. The number of benzene rings is 8. The first-order valence-corrected chi connectivity index (χ1v) is 19.7. The summed E-state index contributed by atoms with van der Waals surface area (Å²) in [4.78, 5) is 2.54. The average Bonchev–Trinajstić information content (AvgIpc) is 3.65. The van der Waals surface area contributed by atoms with Crippen LogP contribution >= 0.6 is 0 Å². The zero-order valence-electron chi connectivity index (χ0n) is 26.9. The van der Waals surface area contributed by atoms with Gasteiger partial charge in [0.1, 0.15) is 8.07 Å². The maximum Gasteiger partial charge on any atom is 0.123 e. The highest BCUT2D eigenvalue weighted by Gasteiger charge is 2.47. The summed E-state index contributed by atoms with van der Waals surface area (Å²) < 4.78 is 0. The van der Waals surface area contributed by atoms with E-state index in [0.29, 0.717) is 0 Å². The fourth-order valence-corrected chi connectivity index (χ4v) is 14.4. The first-order valence-electron chi connectivity index (χ1n) is 17.3. The molecule has 2 heterocycles. The van der Waals surface area contributed by atoms with E-state index >= 15 is 0 Å². The highest BCUT2D eigenvalue weighted by molar-refractivity contribution is 7.05. The Labute approximate surface area is 282 Å². The van der Waals surface area contributed by atoms with E-state index in [1.807, 2.05) is 0 Å². The lowest BCUT2D eigenvalue weighted by Gasteiger charge is -2.42. The number of hydrogen-bond acceptors (Lipinski definition) is 1. The molecule has 1 spiro atoms. The van der Waals surface area contributed by atoms with E-state index in [1.54, 1.807) is 10.4 Å². The number of anilines is 3. The largest absolute Gasteiger partial charge is 0.311 e. The van der Waals surface area contributed by atoms with E-state index in [2.05, 4.69) is 169 Å². The fourth-order valence-electron chi connectivity index (χ4n) is 8.92. The smallest absolute Gasteiger partial charge is 0.123 e. The molecule has 0 amide bonds. The Morgan fingerprint density at radius 1 is 0.396 bits per heavy atom. The van der Waals surface area contributed by atoms with Crippen LogP contribution in [0.2, 0.25) is 12.1 Å². The molecule has 48 heavy (non-hydrogen) atoms. The fraction of sp³-hybridized carbons (Fsp3) is 0.0870. The molecule has 1 saturated heterocycles. The minimum Gasteiger partial charge on any atom is -0.311 e. The maximum absolute atomic E-state index is 2.54. The van der Waals surface area contributed by atoms with Gasteiger partial charge in [-0.1, -0.05) is 134 Å². The van der Waals surface area contributed by atoms with E-state index < -0.39 is 8.07 Å². The molecule has 1 fully saturated rings. The molecule has 0 unspecified atom stereocenters. The summed E-state index contributed by atoms with van der Waals surface area (Å²) in [7, 11) is -1.74. The lowest BCUT2D eigenvalue weighted by molar-refractivity contribution is 0.935. The van der Waals surface area contributed by atoms with Gasteiger partial charge in [0.15, 0.2) is 0 Å². The summed E-state index contributed by atoms with van der Waals surface area (Å²) in [5, 5.41) is 10.9. The van der Waals surface area contributed by atoms with Crippen molar-refractivity contribution in [2.24, 2.45) is 0 Å². The van der Waals surface area contributed by atoms with Crippen molar-refractivity contribution in [1.29, 1.82) is 0 Å². The Morgan fingerprint density at radius 3 is 1.60 bits per heavy atom. The zero-order chi connectivity index (χ0) is 31.7. The van der Waals surface area contributed by atoms with Crippen molar-refractivity contribution in [3.63, 3.8) is 0 Å². The molecule has 2 heteroatoms. The molecule has 1 nitrogen and oxygen atoms in total. The normalized spacial score (nSPS) is 14.9. The quantitative estimate of drug-likeness (QED) is 0.139. The topological polar surface area (TPSA) is 3.24 Å². The average molecular weight is 630 g/mol. The third kappa shape index (κ3) is 4.16. The molecule has 2 aliphatic rings. The van der Waals surface area contributed by atoms with Crippen molar-refractivity contribution in [1.82, 2.24) is 0 Å². The monoisotopic (exact) mass is 629 g/mol. The van der Waals surface area contributed by atoms with E-state index in [9.17, 15) is 0 Å². The number of rotatable bonds is 3. The summed E-state index contributed by atoms with van der Waals surface area (Å²) in [6.07, 6.45) is 2.71. The van der Waals surface area contributed by atoms with Gasteiger partial charge in [0.25, 0.3) is 0 Å². The molecule has 0 N–H and O–H groups in total. The predicted molar refractivity (Wildman–Crippen MR) is 208 cm³/mol. The number of fused-ring (bicyclic) bond motifs is 8. The van der Waals surface area contributed by atoms with E-state index in [-0.39, 0.29) is 0 Å². The Kier molecular flexibility index (Phi) is 6.22. The second kappa shape index (κ2) is 10.8. The van der Waals surface area contributed by atoms with Crippen LogP contribution in [0.25, 0.3) is 54.6 Å². The molecule has 0 atom stereocenters. The molecule has 0 aromatic heterocycles. The molecular formula is C46H35NSi. The van der Waals surface area contributed by atoms with Gasteiger partial charge in [-0.15, -0.1) is 0 Å².